The average Bonchev–Trinajstić information content (AvgIpc) is 3.89. The third-order valence-electron chi connectivity index (χ3n) is 11.9. The van der Waals surface area contributed by atoms with Crippen molar-refractivity contribution >= 4 is 57.0 Å². The van der Waals surface area contributed by atoms with E-state index in [4.69, 9.17) is 17.9 Å². The molecule has 8 aromatic rings. The zero-order chi connectivity index (χ0) is 47.8. The molecule has 316 valence electrons. The van der Waals surface area contributed by atoms with Gasteiger partial charge in [-0.15, -0.1) is 48.1 Å². The van der Waals surface area contributed by atoms with Crippen LogP contribution in [0, 0.1) is 32.5 Å². The number of allylic oxidation sites excluding steroid dienone is 3. The summed E-state index contributed by atoms with van der Waals surface area (Å²) in [5.74, 6) is 6.06. The van der Waals surface area contributed by atoms with Crippen molar-refractivity contribution in [2.45, 2.75) is 39.9 Å². The van der Waals surface area contributed by atoms with Gasteiger partial charge < -0.3 is 23.9 Å². The third-order valence-corrected chi connectivity index (χ3v) is 11.9. The van der Waals surface area contributed by atoms with Crippen molar-refractivity contribution in [1.29, 1.82) is 0 Å². The van der Waals surface area contributed by atoms with Gasteiger partial charge in [-0.25, -0.2) is 4.98 Å². The Kier molecular flexibility index (Phi) is 8.87. The summed E-state index contributed by atoms with van der Waals surface area (Å²) in [5, 5.41) is 2.12. The average molecular weight is 1020 g/mol. The van der Waals surface area contributed by atoms with Gasteiger partial charge in [0.2, 0.25) is 0 Å². The molecule has 3 aliphatic heterocycles. The molecule has 0 N–H and O–H groups in total. The van der Waals surface area contributed by atoms with Crippen LogP contribution >= 0.6 is 0 Å². The number of rotatable bonds is 7. The predicted octanol–water partition coefficient (Wildman–Crippen LogP) is 13.5. The zero-order valence-corrected chi connectivity index (χ0v) is 37.6. The number of hydrogen-bond donors (Lipinski definition) is 0. The van der Waals surface area contributed by atoms with Gasteiger partial charge in [0.15, 0.2) is 0 Å². The van der Waals surface area contributed by atoms with Gasteiger partial charge in [0.25, 0.3) is 0 Å². The summed E-state index contributed by atoms with van der Waals surface area (Å²) in [6.45, 7) is 3.21. The van der Waals surface area contributed by atoms with E-state index >= 15 is 0 Å². The zero-order valence-electron chi connectivity index (χ0n) is 41.4. The van der Waals surface area contributed by atoms with Gasteiger partial charge in [-0.2, -0.15) is 12.1 Å². The predicted molar refractivity (Wildman–Crippen MR) is 260 cm³/mol. The molecule has 0 saturated carbocycles. The molecular formula is C56H45BN5OPt-3. The summed E-state index contributed by atoms with van der Waals surface area (Å²) in [6, 6.07) is 52.0. The first kappa shape index (κ1) is 34.6. The minimum Gasteiger partial charge on any atom is -0.509 e. The molecule has 8 heteroatoms. The molecule has 11 rings (SSSR count). The summed E-state index contributed by atoms with van der Waals surface area (Å²) >= 11 is 0. The topological polar surface area (TPSA) is 36.8 Å². The molecule has 64 heavy (non-hydrogen) atoms. The van der Waals surface area contributed by atoms with Gasteiger partial charge >= 0.3 is 6.85 Å². The van der Waals surface area contributed by atoms with E-state index in [0.29, 0.717) is 28.4 Å². The molecule has 3 aliphatic rings. The second kappa shape index (κ2) is 16.4. The molecule has 0 radical (unpaired) electrons. The molecule has 0 bridgehead atoms. The second-order valence-electron chi connectivity index (χ2n) is 17.0. The maximum atomic E-state index is 8.43. The van der Waals surface area contributed by atoms with E-state index in [9.17, 15) is 0 Å². The molecule has 0 aliphatic carbocycles. The number of fused-ring (bicyclic) bond motifs is 5. The number of pyridine rings is 1. The second-order valence-corrected chi connectivity index (χ2v) is 17.0. The summed E-state index contributed by atoms with van der Waals surface area (Å²) < 4.78 is 59.4. The molecule has 0 amide bonds. The maximum absolute atomic E-state index is 8.43. The molecule has 6 aromatic carbocycles. The quantitative estimate of drug-likeness (QED) is 0.117. The molecule has 0 saturated heterocycles. The SMILES string of the molecule is [2H]C([2H])([2H])c1cc(C2=C(N3[CH-]N(c4[c-]c(Oc5[c-]c6c(cc5)c5ccccc5n6-c5cc(C(C)(C)C)ccn5)ccc4)c4ccccc43)C(c3ccccc3)=CB3C=CC=CN32)cc(C([2H])([2H])[2H])c1.[Pt]. The largest absolute Gasteiger partial charge is 0.509 e. The molecule has 6 nitrogen and oxygen atoms in total. The van der Waals surface area contributed by atoms with Gasteiger partial charge in [0, 0.05) is 69.6 Å². The van der Waals surface area contributed by atoms with E-state index in [1.54, 1.807) is 12.1 Å². The number of benzene rings is 6. The van der Waals surface area contributed by atoms with E-state index < -0.39 is 13.7 Å². The van der Waals surface area contributed by atoms with Gasteiger partial charge in [0.05, 0.1) is 5.70 Å². The van der Waals surface area contributed by atoms with Crippen LogP contribution in [0.15, 0.2) is 182 Å². The number of hydrogen-bond acceptors (Lipinski definition) is 5. The van der Waals surface area contributed by atoms with Gasteiger partial charge in [-0.05, 0) is 102 Å². The maximum Gasteiger partial charge on any atom is 0.313 e. The number of aryl methyl sites for hydroxylation is 2. The number of ether oxygens (including phenoxy) is 1. The van der Waals surface area contributed by atoms with Crippen LogP contribution in [0.3, 0.4) is 0 Å². The number of para-hydroxylation sites is 3. The fourth-order valence-electron chi connectivity index (χ4n) is 8.93. The molecule has 0 atom stereocenters. The molecular weight excluding hydrogens is 965 g/mol. The normalized spacial score (nSPS) is 16.3. The Balaban J connectivity index is 0.00000567. The Morgan fingerprint density at radius 2 is 1.44 bits per heavy atom. The smallest absolute Gasteiger partial charge is 0.313 e. The Morgan fingerprint density at radius 3 is 2.23 bits per heavy atom. The van der Waals surface area contributed by atoms with E-state index in [1.165, 1.54) is 11.6 Å². The van der Waals surface area contributed by atoms with Crippen LogP contribution in [0.5, 0.6) is 11.5 Å². The third kappa shape index (κ3) is 7.28. The van der Waals surface area contributed by atoms with Crippen molar-refractivity contribution in [3.05, 3.63) is 228 Å². The van der Waals surface area contributed by atoms with Crippen molar-refractivity contribution in [3.63, 3.8) is 0 Å². The molecule has 2 aromatic heterocycles. The van der Waals surface area contributed by atoms with Crippen LogP contribution in [-0.4, -0.2) is 21.2 Å². The van der Waals surface area contributed by atoms with Crippen LogP contribution in [0.25, 0.3) is 38.9 Å². The first-order chi connectivity index (χ1) is 33.1. The molecule has 5 heterocycles. The van der Waals surface area contributed by atoms with Crippen molar-refractivity contribution in [1.82, 2.24) is 14.4 Å². The van der Waals surface area contributed by atoms with Crippen molar-refractivity contribution in [2.24, 2.45) is 0 Å². The molecule has 0 spiro atoms. The van der Waals surface area contributed by atoms with Crippen molar-refractivity contribution < 1.29 is 34.0 Å². The Bertz CT molecular complexity index is 3430. The van der Waals surface area contributed by atoms with E-state index in [2.05, 4.69) is 106 Å². The van der Waals surface area contributed by atoms with Crippen molar-refractivity contribution in [3.8, 4) is 17.3 Å². The number of anilines is 3. The minimum absolute atomic E-state index is 0. The van der Waals surface area contributed by atoms with Crippen LogP contribution in [0.2, 0.25) is 0 Å². The summed E-state index contributed by atoms with van der Waals surface area (Å²) in [6.07, 6.45) is 7.73. The van der Waals surface area contributed by atoms with Crippen LogP contribution in [0.1, 0.15) is 56.8 Å². The summed E-state index contributed by atoms with van der Waals surface area (Å²) in [5.41, 5.74) is 8.96. The van der Waals surface area contributed by atoms with Gasteiger partial charge in [0.1, 0.15) is 5.82 Å². The van der Waals surface area contributed by atoms with Gasteiger partial charge in [-0.1, -0.05) is 122 Å². The van der Waals surface area contributed by atoms with E-state index in [0.717, 1.165) is 55.8 Å². The molecule has 0 unspecified atom stereocenters. The van der Waals surface area contributed by atoms with Crippen LogP contribution in [-0.2, 0) is 26.5 Å². The fraction of sp³-hybridized carbons (Fsp3) is 0.107. The summed E-state index contributed by atoms with van der Waals surface area (Å²) in [7, 11) is 0. The Labute approximate surface area is 398 Å². The van der Waals surface area contributed by atoms with Crippen LogP contribution in [0.4, 0.5) is 17.1 Å². The minimum atomic E-state index is -2.57. The Hall–Kier alpha value is -6.82. The van der Waals surface area contributed by atoms with Crippen LogP contribution < -0.4 is 14.5 Å². The van der Waals surface area contributed by atoms with E-state index in [1.807, 2.05) is 110 Å². The fourth-order valence-corrected chi connectivity index (χ4v) is 8.93. The van der Waals surface area contributed by atoms with Gasteiger partial charge in [-0.3, -0.25) is 0 Å². The standard InChI is InChI=1S/C56H45BN5O.Pt/c1-38-30-39(2)32-41(31-38)54-55(48(40-16-7-6-8-17-40)36-57-27-13-14-29-61(54)57)60-37-59(50-22-11-12-23-51(50)60)43-18-15-19-44(34-43)63-45-24-25-47-46-20-9-10-21-49(46)62(52(47)35-45)53-33-42(26-28-58-53)56(3,4)5;/h6-33,36-37H,1-5H3;/q-3;/i1D3,2D3;. The summed E-state index contributed by atoms with van der Waals surface area (Å²) in [4.78, 5) is 11.1. The van der Waals surface area contributed by atoms with Crippen molar-refractivity contribution in [2.75, 3.05) is 9.80 Å². The van der Waals surface area contributed by atoms with E-state index in [-0.39, 0.29) is 44.5 Å². The first-order valence-electron chi connectivity index (χ1n) is 24.1. The first-order valence-corrected chi connectivity index (χ1v) is 21.1. The monoisotopic (exact) mass is 1020 g/mol. The Morgan fingerprint density at radius 1 is 0.688 bits per heavy atom. The molecule has 0 fully saturated rings. The number of aromatic nitrogens is 2. The number of nitrogens with zero attached hydrogens (tertiary/aromatic N) is 5.